The maximum absolute atomic E-state index is 13.6. The highest BCUT2D eigenvalue weighted by molar-refractivity contribution is 5.99. The van der Waals surface area contributed by atoms with Gasteiger partial charge in [-0.2, -0.15) is 0 Å². The quantitative estimate of drug-likeness (QED) is 0.659. The van der Waals surface area contributed by atoms with Gasteiger partial charge in [0.2, 0.25) is 5.78 Å². The van der Waals surface area contributed by atoms with E-state index >= 15 is 0 Å². The molecule has 0 radical (unpaired) electrons. The van der Waals surface area contributed by atoms with E-state index in [-0.39, 0.29) is 47.4 Å². The smallest absolute Gasteiger partial charge is 0.303 e. The van der Waals surface area contributed by atoms with Gasteiger partial charge in [0.1, 0.15) is 17.5 Å². The molecule has 4 saturated carbocycles. The second kappa shape index (κ2) is 7.93. The lowest BCUT2D eigenvalue weighted by Crippen LogP contribution is -2.63. The largest absolute Gasteiger partial charge is 0.463 e. The highest BCUT2D eigenvalue weighted by atomic mass is 16.5. The van der Waals surface area contributed by atoms with Crippen LogP contribution in [0.3, 0.4) is 0 Å². The third-order valence-electron chi connectivity index (χ3n) is 9.82. The van der Waals surface area contributed by atoms with Crippen LogP contribution < -0.4 is 0 Å². The van der Waals surface area contributed by atoms with Crippen LogP contribution in [0.15, 0.2) is 0 Å². The molecule has 0 unspecified atom stereocenters. The fraction of sp³-hybridized carbons (Fsp3) is 0.840. The van der Waals surface area contributed by atoms with E-state index in [1.54, 1.807) is 6.92 Å². The molecule has 4 aliphatic carbocycles. The molecule has 4 fully saturated rings. The van der Waals surface area contributed by atoms with E-state index in [9.17, 15) is 24.3 Å². The van der Waals surface area contributed by atoms with Crippen LogP contribution in [0.4, 0.5) is 0 Å². The zero-order chi connectivity index (χ0) is 23.5. The van der Waals surface area contributed by atoms with E-state index in [0.29, 0.717) is 18.8 Å². The molecule has 0 aliphatic heterocycles. The molecule has 0 aromatic rings. The van der Waals surface area contributed by atoms with Crippen molar-refractivity contribution < 1.29 is 33.8 Å². The molecule has 0 spiro atoms. The van der Waals surface area contributed by atoms with E-state index in [1.807, 2.05) is 0 Å². The fourth-order valence-corrected chi connectivity index (χ4v) is 8.03. The van der Waals surface area contributed by atoms with Crippen LogP contribution in [0.25, 0.3) is 0 Å². The number of ketones is 2. The van der Waals surface area contributed by atoms with Crippen LogP contribution in [-0.4, -0.2) is 46.9 Å². The molecule has 0 bridgehead atoms. The summed E-state index contributed by atoms with van der Waals surface area (Å²) in [6, 6.07) is 0. The number of fused-ring (bicyclic) bond motifs is 5. The molecule has 0 aromatic carbocycles. The molecule has 1 N–H and O–H groups in total. The molecule has 4 rings (SSSR count). The van der Waals surface area contributed by atoms with Crippen molar-refractivity contribution in [2.45, 2.75) is 90.8 Å². The number of carbonyl (C=O) groups is 4. The lowest BCUT2D eigenvalue weighted by atomic mass is 9.44. The van der Waals surface area contributed by atoms with E-state index in [1.165, 1.54) is 13.8 Å². The molecule has 7 heteroatoms. The summed E-state index contributed by atoms with van der Waals surface area (Å²) in [6.07, 6.45) is 5.74. The third-order valence-corrected chi connectivity index (χ3v) is 9.82. The van der Waals surface area contributed by atoms with Gasteiger partial charge in [0.15, 0.2) is 6.61 Å². The number of rotatable bonds is 4. The first-order valence-corrected chi connectivity index (χ1v) is 12.0. The van der Waals surface area contributed by atoms with Crippen molar-refractivity contribution >= 4 is 23.5 Å². The molecule has 0 saturated heterocycles. The number of hydrogen-bond acceptors (Lipinski definition) is 7. The van der Waals surface area contributed by atoms with E-state index in [4.69, 9.17) is 9.47 Å². The average molecular weight is 449 g/mol. The van der Waals surface area contributed by atoms with Crippen molar-refractivity contribution in [1.29, 1.82) is 0 Å². The van der Waals surface area contributed by atoms with Gasteiger partial charge in [0.25, 0.3) is 0 Å². The van der Waals surface area contributed by atoms with Crippen LogP contribution in [0, 0.1) is 34.5 Å². The van der Waals surface area contributed by atoms with Gasteiger partial charge in [-0.05, 0) is 81.0 Å². The summed E-state index contributed by atoms with van der Waals surface area (Å²) >= 11 is 0. The first-order valence-electron chi connectivity index (χ1n) is 12.0. The maximum atomic E-state index is 13.6. The Balaban J connectivity index is 1.57. The summed E-state index contributed by atoms with van der Waals surface area (Å²) in [5.41, 5.74) is -2.91. The van der Waals surface area contributed by atoms with Gasteiger partial charge in [-0.1, -0.05) is 6.92 Å². The highest BCUT2D eigenvalue weighted by Gasteiger charge is 2.70. The predicted octanol–water partition coefficient (Wildman–Crippen LogP) is 3.00. The molecule has 0 aromatic heterocycles. The molecule has 8 atom stereocenters. The maximum Gasteiger partial charge on any atom is 0.303 e. The van der Waals surface area contributed by atoms with E-state index in [2.05, 4.69) is 6.92 Å². The van der Waals surface area contributed by atoms with Crippen LogP contribution in [-0.2, 0) is 28.7 Å². The lowest BCUT2D eigenvalue weighted by Gasteiger charge is -2.60. The molecule has 32 heavy (non-hydrogen) atoms. The van der Waals surface area contributed by atoms with E-state index < -0.39 is 29.4 Å². The second-order valence-corrected chi connectivity index (χ2v) is 11.1. The summed E-state index contributed by atoms with van der Waals surface area (Å²) in [4.78, 5) is 49.2. The number of Topliss-reactive ketones (excluding diaryl/α,β-unsaturated/α-hetero) is 2. The molecular weight excluding hydrogens is 412 g/mol. The van der Waals surface area contributed by atoms with Gasteiger partial charge in [-0.25, -0.2) is 0 Å². The first kappa shape index (κ1) is 23.4. The number of aliphatic hydroxyl groups is 1. The number of hydrogen-bond donors (Lipinski definition) is 1. The Bertz CT molecular complexity index is 836. The zero-order valence-corrected chi connectivity index (χ0v) is 19.6. The second-order valence-electron chi connectivity index (χ2n) is 11.1. The van der Waals surface area contributed by atoms with Gasteiger partial charge < -0.3 is 14.6 Å². The van der Waals surface area contributed by atoms with Gasteiger partial charge in [-0.3, -0.25) is 19.2 Å². The van der Waals surface area contributed by atoms with Crippen molar-refractivity contribution in [3.63, 3.8) is 0 Å². The minimum absolute atomic E-state index is 0.000981. The van der Waals surface area contributed by atoms with Crippen molar-refractivity contribution in [3.05, 3.63) is 0 Å². The number of esters is 2. The first-order chi connectivity index (χ1) is 14.9. The predicted molar refractivity (Wildman–Crippen MR) is 114 cm³/mol. The Morgan fingerprint density at radius 3 is 2.38 bits per heavy atom. The minimum atomic E-state index is -1.78. The normalized spacial score (nSPS) is 45.3. The summed E-state index contributed by atoms with van der Waals surface area (Å²) in [5, 5.41) is 11.5. The van der Waals surface area contributed by atoms with Crippen LogP contribution in [0.2, 0.25) is 0 Å². The van der Waals surface area contributed by atoms with Gasteiger partial charge in [0.05, 0.1) is 5.41 Å². The third kappa shape index (κ3) is 3.34. The summed E-state index contributed by atoms with van der Waals surface area (Å²) < 4.78 is 10.4. The van der Waals surface area contributed by atoms with Crippen molar-refractivity contribution in [1.82, 2.24) is 0 Å². The van der Waals surface area contributed by atoms with Crippen molar-refractivity contribution in [3.8, 4) is 0 Å². The van der Waals surface area contributed by atoms with Gasteiger partial charge in [-0.15, -0.1) is 0 Å². The molecule has 0 heterocycles. The number of ether oxygens (including phenoxy) is 2. The minimum Gasteiger partial charge on any atom is -0.463 e. The summed E-state index contributed by atoms with van der Waals surface area (Å²) in [6.45, 7) is 6.24. The van der Waals surface area contributed by atoms with Crippen molar-refractivity contribution in [2.75, 3.05) is 6.61 Å². The average Bonchev–Trinajstić information content (AvgIpc) is 3.00. The topological polar surface area (TPSA) is 107 Å². The Hall–Kier alpha value is -1.76. The summed E-state index contributed by atoms with van der Waals surface area (Å²) in [7, 11) is 0. The number of carbonyl (C=O) groups excluding carboxylic acids is 4. The Morgan fingerprint density at radius 2 is 1.72 bits per heavy atom. The summed E-state index contributed by atoms with van der Waals surface area (Å²) in [5.74, 6) is -0.563. The van der Waals surface area contributed by atoms with Gasteiger partial charge >= 0.3 is 11.9 Å². The molecule has 178 valence electrons. The molecule has 7 nitrogen and oxygen atoms in total. The zero-order valence-electron chi connectivity index (χ0n) is 19.6. The SMILES string of the molecule is CC(=O)OCC(=O)[C@]1(O)CC[C@H]2[C@@H]3CC[C@@H]4C[C@@H](OC(C)=O)CC[C@]4(C)[C@H]3CC(=O)[C@@]21C. The molecule has 4 aliphatic rings. The Kier molecular flexibility index (Phi) is 5.80. The van der Waals surface area contributed by atoms with Crippen LogP contribution in [0.5, 0.6) is 0 Å². The molecular formula is C25H36O7. The Morgan fingerprint density at radius 1 is 1.00 bits per heavy atom. The van der Waals surface area contributed by atoms with E-state index in [0.717, 1.165) is 32.1 Å². The molecule has 0 amide bonds. The van der Waals surface area contributed by atoms with Crippen LogP contribution >= 0.6 is 0 Å². The lowest BCUT2D eigenvalue weighted by molar-refractivity contribution is -0.184. The fourth-order valence-electron chi connectivity index (χ4n) is 8.03. The highest BCUT2D eigenvalue weighted by Crippen LogP contribution is 2.67. The standard InChI is InChI=1S/C25H36O7/c1-14(26)31-13-22(29)25(30)10-8-19-18-6-5-16-11-17(32-15(2)27)7-9-23(16,3)20(18)12-21(28)24(19,25)4/h16-20,30H,5-13H2,1-4H3/t16-,17+,18+,19+,20+,23+,24-,25-/m1/s1. The monoisotopic (exact) mass is 448 g/mol. The Labute approximate surface area is 189 Å². The van der Waals surface area contributed by atoms with Gasteiger partial charge in [0, 0.05) is 20.3 Å². The van der Waals surface area contributed by atoms with Crippen molar-refractivity contribution in [2.24, 2.45) is 34.5 Å². The van der Waals surface area contributed by atoms with Crippen LogP contribution in [0.1, 0.15) is 79.1 Å².